The third-order valence-corrected chi connectivity index (χ3v) is 3.57. The molecule has 1 aromatic carbocycles. The normalized spacial score (nSPS) is 12.4. The van der Waals surface area contributed by atoms with Crippen molar-refractivity contribution in [1.82, 2.24) is 4.98 Å². The van der Waals surface area contributed by atoms with E-state index in [-0.39, 0.29) is 0 Å². The molecule has 2 rings (SSSR count). The van der Waals surface area contributed by atoms with Crippen LogP contribution in [0.5, 0.6) is 0 Å². The van der Waals surface area contributed by atoms with Crippen LogP contribution in [-0.2, 0) is 12.8 Å². The fourth-order valence-electron chi connectivity index (χ4n) is 1.93. The Hall–Kier alpha value is -1.09. The van der Waals surface area contributed by atoms with E-state index in [0.717, 1.165) is 12.0 Å². The molecule has 0 fully saturated rings. The molecule has 19 heavy (non-hydrogen) atoms. The van der Waals surface area contributed by atoms with Crippen molar-refractivity contribution in [3.05, 3.63) is 63.9 Å². The minimum absolute atomic E-state index is 0.410. The number of halogens is 2. The molecule has 0 amide bonds. The topological polar surface area (TPSA) is 33.1 Å². The molecular formula is C15H15Cl2NO. The Morgan fingerprint density at radius 2 is 1.84 bits per heavy atom. The van der Waals surface area contributed by atoms with E-state index in [4.69, 9.17) is 23.2 Å². The number of aryl methyl sites for hydroxylation is 1. The highest BCUT2D eigenvalue weighted by atomic mass is 35.5. The number of hydrogen-bond acceptors (Lipinski definition) is 2. The van der Waals surface area contributed by atoms with Gasteiger partial charge in [0.25, 0.3) is 0 Å². The lowest BCUT2D eigenvalue weighted by Gasteiger charge is -2.12. The molecule has 1 aromatic heterocycles. The number of benzene rings is 1. The summed E-state index contributed by atoms with van der Waals surface area (Å²) in [6.07, 6.45) is 5.18. The van der Waals surface area contributed by atoms with Crippen molar-refractivity contribution >= 4 is 23.2 Å². The molecule has 0 aliphatic carbocycles. The van der Waals surface area contributed by atoms with Gasteiger partial charge in [0.1, 0.15) is 0 Å². The Kier molecular flexibility index (Phi) is 5.20. The quantitative estimate of drug-likeness (QED) is 0.907. The van der Waals surface area contributed by atoms with Gasteiger partial charge in [0, 0.05) is 22.4 Å². The smallest absolute Gasteiger partial charge is 0.0584 e. The van der Waals surface area contributed by atoms with Gasteiger partial charge < -0.3 is 5.11 Å². The molecule has 0 aliphatic heterocycles. The summed E-state index contributed by atoms with van der Waals surface area (Å²) in [6, 6.07) is 9.27. The summed E-state index contributed by atoms with van der Waals surface area (Å²) in [7, 11) is 0. The summed E-state index contributed by atoms with van der Waals surface area (Å²) in [6.45, 7) is 0. The standard InChI is InChI=1S/C15H15Cl2NO/c16-13-3-2-12(15(17)10-13)9-14(19)4-1-11-5-7-18-8-6-11/h2-3,5-8,10,14,19H,1,4,9H2. The number of hydrogen-bond donors (Lipinski definition) is 1. The van der Waals surface area contributed by atoms with E-state index >= 15 is 0 Å². The third-order valence-electron chi connectivity index (χ3n) is 2.99. The summed E-state index contributed by atoms with van der Waals surface area (Å²) in [5.74, 6) is 0. The molecule has 0 spiro atoms. The summed E-state index contributed by atoms with van der Waals surface area (Å²) in [5, 5.41) is 11.3. The van der Waals surface area contributed by atoms with Crippen LogP contribution in [-0.4, -0.2) is 16.2 Å². The molecule has 0 bridgehead atoms. The summed E-state index contributed by atoms with van der Waals surface area (Å²) in [5.41, 5.74) is 2.10. The van der Waals surface area contributed by atoms with Crippen LogP contribution in [0.2, 0.25) is 10.0 Å². The van der Waals surface area contributed by atoms with Crippen LogP contribution in [0.15, 0.2) is 42.7 Å². The molecule has 0 saturated heterocycles. The van der Waals surface area contributed by atoms with Gasteiger partial charge in [-0.05, 0) is 54.7 Å². The lowest BCUT2D eigenvalue weighted by atomic mass is 10.0. The Morgan fingerprint density at radius 1 is 1.11 bits per heavy atom. The van der Waals surface area contributed by atoms with Gasteiger partial charge in [-0.2, -0.15) is 0 Å². The van der Waals surface area contributed by atoms with Gasteiger partial charge in [-0.15, -0.1) is 0 Å². The molecule has 1 unspecified atom stereocenters. The maximum Gasteiger partial charge on any atom is 0.0584 e. The molecule has 0 saturated carbocycles. The van der Waals surface area contributed by atoms with Crippen molar-refractivity contribution in [3.8, 4) is 0 Å². The second kappa shape index (κ2) is 6.90. The van der Waals surface area contributed by atoms with Crippen molar-refractivity contribution in [2.24, 2.45) is 0 Å². The third kappa shape index (κ3) is 4.50. The van der Waals surface area contributed by atoms with E-state index in [9.17, 15) is 5.11 Å². The summed E-state index contributed by atoms with van der Waals surface area (Å²) < 4.78 is 0. The van der Waals surface area contributed by atoms with Crippen LogP contribution in [0.4, 0.5) is 0 Å². The van der Waals surface area contributed by atoms with Crippen LogP contribution in [0, 0.1) is 0 Å². The fourth-order valence-corrected chi connectivity index (χ4v) is 2.41. The van der Waals surface area contributed by atoms with Crippen molar-refractivity contribution in [1.29, 1.82) is 0 Å². The molecule has 100 valence electrons. The average molecular weight is 296 g/mol. The summed E-state index contributed by atoms with van der Waals surface area (Å²) in [4.78, 5) is 3.97. The maximum atomic E-state index is 10.1. The van der Waals surface area contributed by atoms with Crippen molar-refractivity contribution in [2.45, 2.75) is 25.4 Å². The number of aliphatic hydroxyl groups is 1. The number of aromatic nitrogens is 1. The van der Waals surface area contributed by atoms with Gasteiger partial charge in [0.2, 0.25) is 0 Å². The van der Waals surface area contributed by atoms with Gasteiger partial charge in [-0.3, -0.25) is 4.98 Å². The first-order valence-electron chi connectivity index (χ1n) is 6.16. The van der Waals surface area contributed by atoms with Crippen molar-refractivity contribution in [3.63, 3.8) is 0 Å². The summed E-state index contributed by atoms with van der Waals surface area (Å²) >= 11 is 11.9. The van der Waals surface area contributed by atoms with E-state index < -0.39 is 6.10 Å². The Labute approximate surface area is 123 Å². The van der Waals surface area contributed by atoms with Crippen LogP contribution in [0.3, 0.4) is 0 Å². The highest BCUT2D eigenvalue weighted by Gasteiger charge is 2.09. The first-order valence-corrected chi connectivity index (χ1v) is 6.91. The molecule has 1 atom stereocenters. The molecule has 2 aromatic rings. The Balaban J connectivity index is 1.89. The Bertz CT molecular complexity index is 531. The van der Waals surface area contributed by atoms with Crippen molar-refractivity contribution < 1.29 is 5.11 Å². The number of rotatable bonds is 5. The van der Waals surface area contributed by atoms with Crippen LogP contribution < -0.4 is 0 Å². The van der Waals surface area contributed by atoms with Crippen LogP contribution >= 0.6 is 23.2 Å². The molecule has 1 heterocycles. The second-order valence-electron chi connectivity index (χ2n) is 4.49. The first-order chi connectivity index (χ1) is 9.15. The largest absolute Gasteiger partial charge is 0.393 e. The zero-order valence-corrected chi connectivity index (χ0v) is 11.9. The van der Waals surface area contributed by atoms with E-state index in [1.807, 2.05) is 18.2 Å². The number of pyridine rings is 1. The molecule has 0 aliphatic rings. The lowest BCUT2D eigenvalue weighted by molar-refractivity contribution is 0.165. The molecule has 4 heteroatoms. The highest BCUT2D eigenvalue weighted by Crippen LogP contribution is 2.22. The molecule has 2 nitrogen and oxygen atoms in total. The predicted octanol–water partition coefficient (Wildman–Crippen LogP) is 3.92. The second-order valence-corrected chi connectivity index (χ2v) is 5.33. The van der Waals surface area contributed by atoms with Gasteiger partial charge >= 0.3 is 0 Å². The van der Waals surface area contributed by atoms with E-state index in [2.05, 4.69) is 4.98 Å². The van der Waals surface area contributed by atoms with E-state index in [1.165, 1.54) is 5.56 Å². The lowest BCUT2D eigenvalue weighted by Crippen LogP contribution is -2.12. The predicted molar refractivity (Wildman–Crippen MR) is 78.7 cm³/mol. The van der Waals surface area contributed by atoms with Gasteiger partial charge in [-0.25, -0.2) is 0 Å². The number of nitrogens with zero attached hydrogens (tertiary/aromatic N) is 1. The monoisotopic (exact) mass is 295 g/mol. The molecule has 0 radical (unpaired) electrons. The zero-order chi connectivity index (χ0) is 13.7. The minimum atomic E-state index is -0.410. The Morgan fingerprint density at radius 3 is 2.53 bits per heavy atom. The highest BCUT2D eigenvalue weighted by molar-refractivity contribution is 6.35. The fraction of sp³-hybridized carbons (Fsp3) is 0.267. The van der Waals surface area contributed by atoms with E-state index in [1.54, 1.807) is 24.5 Å². The van der Waals surface area contributed by atoms with Crippen LogP contribution in [0.25, 0.3) is 0 Å². The van der Waals surface area contributed by atoms with Gasteiger partial charge in [-0.1, -0.05) is 29.3 Å². The first kappa shape index (κ1) is 14.3. The maximum absolute atomic E-state index is 10.1. The van der Waals surface area contributed by atoms with Crippen molar-refractivity contribution in [2.75, 3.05) is 0 Å². The molecule has 1 N–H and O–H groups in total. The average Bonchev–Trinajstić information content (AvgIpc) is 2.41. The van der Waals surface area contributed by atoms with Crippen LogP contribution in [0.1, 0.15) is 17.5 Å². The SMILES string of the molecule is OC(CCc1ccncc1)Cc1ccc(Cl)cc1Cl. The zero-order valence-electron chi connectivity index (χ0n) is 10.4. The number of aliphatic hydroxyl groups excluding tert-OH is 1. The minimum Gasteiger partial charge on any atom is -0.393 e. The van der Waals surface area contributed by atoms with E-state index in [0.29, 0.717) is 22.9 Å². The van der Waals surface area contributed by atoms with Gasteiger partial charge in [0.05, 0.1) is 6.10 Å². The van der Waals surface area contributed by atoms with Gasteiger partial charge in [0.15, 0.2) is 0 Å². The molecular weight excluding hydrogens is 281 g/mol.